The Morgan fingerprint density at radius 3 is 2.73 bits per heavy atom. The molecule has 0 aliphatic carbocycles. The third kappa shape index (κ3) is 4.10. The molecular weight excluding hydrogens is 344 g/mol. The van der Waals surface area contributed by atoms with Gasteiger partial charge in [-0.1, -0.05) is 42.5 Å². The summed E-state index contributed by atoms with van der Waals surface area (Å²) in [6.45, 7) is 2.73. The van der Waals surface area contributed by atoms with Crippen LogP contribution in [0.15, 0.2) is 48.5 Å². The van der Waals surface area contributed by atoms with E-state index in [-0.39, 0.29) is 18.2 Å². The summed E-state index contributed by atoms with van der Waals surface area (Å²) in [5.41, 5.74) is 4.39. The van der Waals surface area contributed by atoms with E-state index in [9.17, 15) is 9.59 Å². The van der Waals surface area contributed by atoms with E-state index in [0.717, 1.165) is 22.8 Å². The molecule has 0 spiro atoms. The Hall–Kier alpha value is -2.27. The van der Waals surface area contributed by atoms with Gasteiger partial charge in [0.25, 0.3) is 0 Å². The van der Waals surface area contributed by atoms with Crippen LogP contribution in [0.3, 0.4) is 0 Å². The summed E-state index contributed by atoms with van der Waals surface area (Å²) in [4.78, 5) is 26.4. The maximum atomic E-state index is 12.6. The van der Waals surface area contributed by atoms with Gasteiger partial charge in [-0.15, -0.1) is 0 Å². The molecule has 3 rings (SSSR count). The van der Waals surface area contributed by atoms with Crippen LogP contribution in [0, 0.1) is 6.92 Å². The molecule has 0 radical (unpaired) electrons. The van der Waals surface area contributed by atoms with E-state index >= 15 is 0 Å². The number of carbonyl (C=O) groups excluding carboxylic acids is 2. The summed E-state index contributed by atoms with van der Waals surface area (Å²) in [5.74, 6) is 1.32. The molecule has 1 aliphatic heterocycles. The molecule has 26 heavy (non-hydrogen) atoms. The van der Waals surface area contributed by atoms with Gasteiger partial charge in [0, 0.05) is 37.2 Å². The van der Waals surface area contributed by atoms with Gasteiger partial charge in [0.1, 0.15) is 0 Å². The van der Waals surface area contributed by atoms with Gasteiger partial charge >= 0.3 is 0 Å². The largest absolute Gasteiger partial charge is 0.355 e. The molecule has 0 saturated carbocycles. The molecule has 5 heteroatoms. The number of hydrogen-bond acceptors (Lipinski definition) is 3. The second-order valence-electron chi connectivity index (χ2n) is 6.54. The minimum Gasteiger partial charge on any atom is -0.355 e. The molecule has 2 aromatic carbocycles. The lowest BCUT2D eigenvalue weighted by atomic mass is 9.89. The van der Waals surface area contributed by atoms with Crippen LogP contribution in [0.25, 0.3) is 0 Å². The monoisotopic (exact) mass is 368 g/mol. The van der Waals surface area contributed by atoms with Gasteiger partial charge in [-0.25, -0.2) is 0 Å². The lowest BCUT2D eigenvalue weighted by Gasteiger charge is -2.30. The molecule has 2 amide bonds. The molecule has 0 unspecified atom stereocenters. The number of benzene rings is 2. The zero-order valence-electron chi connectivity index (χ0n) is 15.2. The van der Waals surface area contributed by atoms with Crippen molar-refractivity contribution >= 4 is 29.3 Å². The van der Waals surface area contributed by atoms with Gasteiger partial charge in [-0.05, 0) is 29.7 Å². The van der Waals surface area contributed by atoms with Crippen molar-refractivity contribution in [3.63, 3.8) is 0 Å². The minimum atomic E-state index is -0.392. The van der Waals surface area contributed by atoms with Crippen LogP contribution in [0.4, 0.5) is 5.69 Å². The van der Waals surface area contributed by atoms with Gasteiger partial charge < -0.3 is 10.2 Å². The third-order valence-electron chi connectivity index (χ3n) is 4.81. The quantitative estimate of drug-likeness (QED) is 0.794. The topological polar surface area (TPSA) is 49.4 Å². The average molecular weight is 369 g/mol. The number of amides is 2. The first-order valence-electron chi connectivity index (χ1n) is 8.83. The summed E-state index contributed by atoms with van der Waals surface area (Å²) >= 11 is 1.81. The average Bonchev–Trinajstić information content (AvgIpc) is 2.65. The standard InChI is InChI=1S/C21H24N2O2S/c1-15-7-3-4-8-16(15)14-26-12-11-22-21(25)18-13-20(24)23(2)19-10-6-5-9-17(18)19/h3-10,18H,11-14H2,1-2H3,(H,22,25)/t18-/m0/s1. The number of fused-ring (bicyclic) bond motifs is 1. The highest BCUT2D eigenvalue weighted by Gasteiger charge is 2.33. The molecule has 0 saturated heterocycles. The fraction of sp³-hybridized carbons (Fsp3) is 0.333. The second kappa shape index (κ2) is 8.41. The van der Waals surface area contributed by atoms with Crippen LogP contribution in [0.5, 0.6) is 0 Å². The van der Waals surface area contributed by atoms with Crippen molar-refractivity contribution in [1.29, 1.82) is 0 Å². The van der Waals surface area contributed by atoms with Crippen LogP contribution in [0.2, 0.25) is 0 Å². The van der Waals surface area contributed by atoms with E-state index < -0.39 is 5.92 Å². The lowest BCUT2D eigenvalue weighted by Crippen LogP contribution is -2.39. The summed E-state index contributed by atoms with van der Waals surface area (Å²) in [5, 5.41) is 3.00. The van der Waals surface area contributed by atoms with E-state index in [0.29, 0.717) is 6.54 Å². The SMILES string of the molecule is Cc1ccccc1CSCCNC(=O)[C@H]1CC(=O)N(C)c2ccccc21. The van der Waals surface area contributed by atoms with Crippen molar-refractivity contribution in [3.05, 3.63) is 65.2 Å². The van der Waals surface area contributed by atoms with Crippen molar-refractivity contribution in [1.82, 2.24) is 5.32 Å². The normalized spacial score (nSPS) is 16.3. The van der Waals surface area contributed by atoms with E-state index in [4.69, 9.17) is 0 Å². The smallest absolute Gasteiger partial charge is 0.228 e. The van der Waals surface area contributed by atoms with Crippen LogP contribution in [0.1, 0.15) is 29.0 Å². The number of nitrogens with zero attached hydrogens (tertiary/aromatic N) is 1. The van der Waals surface area contributed by atoms with Crippen LogP contribution >= 0.6 is 11.8 Å². The first-order chi connectivity index (χ1) is 12.6. The zero-order valence-corrected chi connectivity index (χ0v) is 16.0. The Morgan fingerprint density at radius 1 is 1.19 bits per heavy atom. The molecule has 4 nitrogen and oxygen atoms in total. The first kappa shape index (κ1) is 18.5. The molecule has 1 aliphatic rings. The minimum absolute atomic E-state index is 0.0159. The molecule has 0 bridgehead atoms. The highest BCUT2D eigenvalue weighted by molar-refractivity contribution is 7.98. The molecule has 136 valence electrons. The molecular formula is C21H24N2O2S. The second-order valence-corrected chi connectivity index (χ2v) is 7.64. The van der Waals surface area contributed by atoms with Crippen LogP contribution in [-0.2, 0) is 15.3 Å². The maximum Gasteiger partial charge on any atom is 0.228 e. The number of hydrogen-bond donors (Lipinski definition) is 1. The number of anilines is 1. The number of aryl methyl sites for hydroxylation is 1. The highest BCUT2D eigenvalue weighted by Crippen LogP contribution is 2.35. The van der Waals surface area contributed by atoms with Crippen molar-refractivity contribution in [2.24, 2.45) is 0 Å². The van der Waals surface area contributed by atoms with Crippen LogP contribution < -0.4 is 10.2 Å². The molecule has 1 heterocycles. The van der Waals surface area contributed by atoms with E-state index in [1.165, 1.54) is 11.1 Å². The Labute approximate surface area is 159 Å². The molecule has 0 fully saturated rings. The first-order valence-corrected chi connectivity index (χ1v) is 9.99. The lowest BCUT2D eigenvalue weighted by molar-refractivity contribution is -0.127. The molecule has 2 aromatic rings. The van der Waals surface area contributed by atoms with E-state index in [2.05, 4.69) is 30.4 Å². The third-order valence-corrected chi connectivity index (χ3v) is 5.82. The maximum absolute atomic E-state index is 12.6. The van der Waals surface area contributed by atoms with Gasteiger partial charge in [-0.3, -0.25) is 9.59 Å². The Balaban J connectivity index is 1.52. The predicted octanol–water partition coefficient (Wildman–Crippen LogP) is 3.49. The highest BCUT2D eigenvalue weighted by atomic mass is 32.2. The fourth-order valence-electron chi connectivity index (χ4n) is 3.20. The van der Waals surface area contributed by atoms with Gasteiger partial charge in [-0.2, -0.15) is 11.8 Å². The Bertz CT molecular complexity index is 806. The Kier molecular flexibility index (Phi) is 5.99. The predicted molar refractivity (Wildman–Crippen MR) is 108 cm³/mol. The zero-order chi connectivity index (χ0) is 18.5. The van der Waals surface area contributed by atoms with E-state index in [1.54, 1.807) is 23.7 Å². The Morgan fingerprint density at radius 2 is 1.92 bits per heavy atom. The number of nitrogens with one attached hydrogen (secondary N) is 1. The van der Waals surface area contributed by atoms with Crippen molar-refractivity contribution < 1.29 is 9.59 Å². The summed E-state index contributed by atoms with van der Waals surface area (Å²) in [7, 11) is 1.76. The summed E-state index contributed by atoms with van der Waals surface area (Å²) in [6.07, 6.45) is 0.232. The van der Waals surface area contributed by atoms with Crippen molar-refractivity contribution in [2.45, 2.75) is 25.0 Å². The summed E-state index contributed by atoms with van der Waals surface area (Å²) < 4.78 is 0. The van der Waals surface area contributed by atoms with Crippen molar-refractivity contribution in [3.8, 4) is 0 Å². The summed E-state index contributed by atoms with van der Waals surface area (Å²) in [6, 6.07) is 16.0. The molecule has 1 atom stereocenters. The number of rotatable bonds is 6. The fourth-order valence-corrected chi connectivity index (χ4v) is 4.14. The van der Waals surface area contributed by atoms with Crippen molar-refractivity contribution in [2.75, 3.05) is 24.2 Å². The number of carbonyl (C=O) groups is 2. The van der Waals surface area contributed by atoms with Gasteiger partial charge in [0.15, 0.2) is 0 Å². The van der Waals surface area contributed by atoms with Crippen LogP contribution in [-0.4, -0.2) is 31.2 Å². The number of para-hydroxylation sites is 1. The van der Waals surface area contributed by atoms with E-state index in [1.807, 2.05) is 30.3 Å². The molecule has 1 N–H and O–H groups in total. The number of thioether (sulfide) groups is 1. The van der Waals surface area contributed by atoms with Gasteiger partial charge in [0.2, 0.25) is 11.8 Å². The molecule has 0 aromatic heterocycles. The van der Waals surface area contributed by atoms with Gasteiger partial charge in [0.05, 0.1) is 5.92 Å².